The van der Waals surface area contributed by atoms with Crippen LogP contribution in [-0.4, -0.2) is 26.2 Å². The number of hydrogen-bond acceptors (Lipinski definition) is 3. The number of aryl methyl sites for hydroxylation is 1. The minimum Gasteiger partial charge on any atom is -0.330 e. The van der Waals surface area contributed by atoms with Crippen molar-refractivity contribution in [2.24, 2.45) is 5.73 Å². The molecule has 0 heterocycles. The highest BCUT2D eigenvalue weighted by Gasteiger charge is 1.94. The average Bonchev–Trinajstić information content (AvgIpc) is 2.50. The molecule has 0 aliphatic heterocycles. The highest BCUT2D eigenvalue weighted by atomic mass is 14.9. The van der Waals surface area contributed by atoms with Crippen molar-refractivity contribution in [1.82, 2.24) is 10.6 Å². The van der Waals surface area contributed by atoms with Crippen LogP contribution in [0.1, 0.15) is 43.7 Å². The van der Waals surface area contributed by atoms with Gasteiger partial charge in [-0.15, -0.1) is 0 Å². The van der Waals surface area contributed by atoms with Crippen molar-refractivity contribution in [1.29, 1.82) is 0 Å². The van der Waals surface area contributed by atoms with Crippen molar-refractivity contribution in [2.75, 3.05) is 26.2 Å². The second kappa shape index (κ2) is 11.9. The number of nitrogens with two attached hydrogens (primary N) is 1. The van der Waals surface area contributed by atoms with E-state index in [1.807, 2.05) is 0 Å². The summed E-state index contributed by atoms with van der Waals surface area (Å²) in [6, 6.07) is 8.90. The Morgan fingerprint density at radius 3 is 1.95 bits per heavy atom. The summed E-state index contributed by atoms with van der Waals surface area (Å²) in [6.07, 6.45) is 5.92. The minimum atomic E-state index is 0.810. The van der Waals surface area contributed by atoms with Crippen molar-refractivity contribution in [3.63, 3.8) is 0 Å². The van der Waals surface area contributed by atoms with Crippen molar-refractivity contribution in [2.45, 2.75) is 45.6 Å². The third-order valence-electron chi connectivity index (χ3n) is 3.53. The van der Waals surface area contributed by atoms with E-state index in [2.05, 4.69) is 41.8 Å². The molecule has 3 nitrogen and oxygen atoms in total. The van der Waals surface area contributed by atoms with Crippen molar-refractivity contribution >= 4 is 0 Å². The van der Waals surface area contributed by atoms with Gasteiger partial charge in [0.25, 0.3) is 0 Å². The molecule has 1 aromatic carbocycles. The minimum absolute atomic E-state index is 0.810. The highest BCUT2D eigenvalue weighted by Crippen LogP contribution is 2.04. The average molecular weight is 277 g/mol. The van der Waals surface area contributed by atoms with E-state index in [4.69, 9.17) is 5.73 Å². The lowest BCUT2D eigenvalue weighted by Gasteiger charge is -2.07. The van der Waals surface area contributed by atoms with Gasteiger partial charge in [-0.05, 0) is 69.4 Å². The molecular formula is C17H31N3. The molecule has 0 unspecified atom stereocenters. The molecule has 0 bridgehead atoms. The van der Waals surface area contributed by atoms with Crippen LogP contribution in [0.15, 0.2) is 24.3 Å². The highest BCUT2D eigenvalue weighted by molar-refractivity contribution is 5.22. The van der Waals surface area contributed by atoms with E-state index >= 15 is 0 Å². The summed E-state index contributed by atoms with van der Waals surface area (Å²) in [6.45, 7) is 7.31. The fourth-order valence-electron chi connectivity index (χ4n) is 2.14. The third-order valence-corrected chi connectivity index (χ3v) is 3.53. The molecule has 0 saturated heterocycles. The summed E-state index contributed by atoms with van der Waals surface area (Å²) in [5, 5.41) is 6.96. The molecule has 0 aliphatic carbocycles. The second-order valence-electron chi connectivity index (χ2n) is 5.30. The van der Waals surface area contributed by atoms with Gasteiger partial charge < -0.3 is 16.4 Å². The van der Waals surface area contributed by atoms with Crippen molar-refractivity contribution < 1.29 is 0 Å². The van der Waals surface area contributed by atoms with Crippen LogP contribution in [0.4, 0.5) is 0 Å². The lowest BCUT2D eigenvalue weighted by atomic mass is 10.1. The molecule has 1 rings (SSSR count). The Labute approximate surface area is 124 Å². The Hall–Kier alpha value is -0.900. The van der Waals surface area contributed by atoms with Gasteiger partial charge in [0.15, 0.2) is 0 Å². The van der Waals surface area contributed by atoms with Crippen LogP contribution in [-0.2, 0) is 13.0 Å². The van der Waals surface area contributed by atoms with E-state index in [1.165, 1.54) is 30.4 Å². The fourth-order valence-corrected chi connectivity index (χ4v) is 2.14. The molecule has 4 N–H and O–H groups in total. The molecule has 114 valence electrons. The number of nitrogens with one attached hydrogen (secondary N) is 2. The Balaban J connectivity index is 1.91. The lowest BCUT2D eigenvalue weighted by molar-refractivity contribution is 0.568. The molecule has 0 amide bonds. The van der Waals surface area contributed by atoms with Crippen LogP contribution in [0.5, 0.6) is 0 Å². The molecule has 1 aromatic rings. The standard InChI is InChI=1S/C17H31N3/c1-2-16-7-9-17(10-8-16)15-20-14-6-5-13-19-12-4-3-11-18/h7-10,19-20H,2-6,11-15,18H2,1H3. The first-order valence-corrected chi connectivity index (χ1v) is 8.06. The van der Waals surface area contributed by atoms with E-state index in [9.17, 15) is 0 Å². The molecule has 3 heteroatoms. The zero-order chi connectivity index (χ0) is 14.5. The van der Waals surface area contributed by atoms with Crippen LogP contribution in [0, 0.1) is 0 Å². The maximum atomic E-state index is 5.45. The number of rotatable bonds is 12. The molecule has 0 radical (unpaired) electrons. The molecule has 0 spiro atoms. The van der Waals surface area contributed by atoms with Crippen LogP contribution < -0.4 is 16.4 Å². The molecule has 0 aliphatic rings. The molecular weight excluding hydrogens is 246 g/mol. The van der Waals surface area contributed by atoms with Crippen LogP contribution in [0.3, 0.4) is 0 Å². The largest absolute Gasteiger partial charge is 0.330 e. The summed E-state index contributed by atoms with van der Waals surface area (Å²) in [7, 11) is 0. The van der Waals surface area contributed by atoms with Gasteiger partial charge in [0.05, 0.1) is 0 Å². The van der Waals surface area contributed by atoms with E-state index in [1.54, 1.807) is 0 Å². The second-order valence-corrected chi connectivity index (χ2v) is 5.30. The molecule has 0 atom stereocenters. The molecule has 0 fully saturated rings. The van der Waals surface area contributed by atoms with Crippen molar-refractivity contribution in [3.8, 4) is 0 Å². The summed E-state index contributed by atoms with van der Waals surface area (Å²) in [5.41, 5.74) is 8.24. The zero-order valence-corrected chi connectivity index (χ0v) is 13.0. The fraction of sp³-hybridized carbons (Fsp3) is 0.647. The van der Waals surface area contributed by atoms with Gasteiger partial charge in [-0.3, -0.25) is 0 Å². The first-order chi connectivity index (χ1) is 9.86. The number of hydrogen-bond donors (Lipinski definition) is 3. The normalized spacial score (nSPS) is 10.9. The Morgan fingerprint density at radius 1 is 0.800 bits per heavy atom. The van der Waals surface area contributed by atoms with Crippen LogP contribution >= 0.6 is 0 Å². The number of benzene rings is 1. The van der Waals surface area contributed by atoms with Gasteiger partial charge in [-0.1, -0.05) is 31.2 Å². The Bertz CT molecular complexity index is 322. The Morgan fingerprint density at radius 2 is 1.35 bits per heavy atom. The quantitative estimate of drug-likeness (QED) is 0.514. The summed E-state index contributed by atoms with van der Waals surface area (Å²) in [5.74, 6) is 0. The summed E-state index contributed by atoms with van der Waals surface area (Å²) < 4.78 is 0. The SMILES string of the molecule is CCc1ccc(CNCCCCNCCCCN)cc1. The van der Waals surface area contributed by atoms with Gasteiger partial charge in [-0.2, -0.15) is 0 Å². The predicted octanol–water partition coefficient (Wildman–Crippen LogP) is 2.45. The molecule has 0 saturated carbocycles. The predicted molar refractivity (Wildman–Crippen MR) is 87.9 cm³/mol. The first-order valence-electron chi connectivity index (χ1n) is 8.06. The smallest absolute Gasteiger partial charge is 0.0205 e. The molecule has 0 aromatic heterocycles. The first kappa shape index (κ1) is 17.2. The topological polar surface area (TPSA) is 50.1 Å². The molecule has 20 heavy (non-hydrogen) atoms. The maximum Gasteiger partial charge on any atom is 0.0205 e. The monoisotopic (exact) mass is 277 g/mol. The third kappa shape index (κ3) is 8.31. The van der Waals surface area contributed by atoms with Gasteiger partial charge in [0.1, 0.15) is 0 Å². The number of unbranched alkanes of at least 4 members (excludes halogenated alkanes) is 2. The van der Waals surface area contributed by atoms with E-state index in [0.717, 1.165) is 45.6 Å². The van der Waals surface area contributed by atoms with Crippen LogP contribution in [0.2, 0.25) is 0 Å². The maximum absolute atomic E-state index is 5.45. The van der Waals surface area contributed by atoms with Crippen LogP contribution in [0.25, 0.3) is 0 Å². The van der Waals surface area contributed by atoms with Gasteiger partial charge in [0.2, 0.25) is 0 Å². The lowest BCUT2D eigenvalue weighted by Crippen LogP contribution is -2.20. The zero-order valence-electron chi connectivity index (χ0n) is 13.0. The van der Waals surface area contributed by atoms with Gasteiger partial charge in [-0.25, -0.2) is 0 Å². The van der Waals surface area contributed by atoms with E-state index in [-0.39, 0.29) is 0 Å². The summed E-state index contributed by atoms with van der Waals surface area (Å²) in [4.78, 5) is 0. The van der Waals surface area contributed by atoms with Gasteiger partial charge >= 0.3 is 0 Å². The van der Waals surface area contributed by atoms with Crippen molar-refractivity contribution in [3.05, 3.63) is 35.4 Å². The van der Waals surface area contributed by atoms with E-state index < -0.39 is 0 Å². The van der Waals surface area contributed by atoms with Gasteiger partial charge in [0, 0.05) is 6.54 Å². The summed E-state index contributed by atoms with van der Waals surface area (Å²) >= 11 is 0. The van der Waals surface area contributed by atoms with E-state index in [0.29, 0.717) is 0 Å². The Kier molecular flexibility index (Phi) is 10.2.